The molecule has 3 heterocycles. The number of hydrogen-bond donors (Lipinski definition) is 6. The summed E-state index contributed by atoms with van der Waals surface area (Å²) >= 11 is 0. The minimum atomic E-state index is -0.978. The van der Waals surface area contributed by atoms with Crippen LogP contribution >= 0.6 is 0 Å². The fourth-order valence-corrected chi connectivity index (χ4v) is 5.74. The zero-order valence-electron chi connectivity index (χ0n) is 27.4. The lowest BCUT2D eigenvalue weighted by atomic mass is 10.0. The SMILES string of the molecule is NCCOCCNC(=O)[C@@H]1CCNC(=O)/C=C\C(=O)N2CCC[C@H]2CC(=O)N[C@@H](Cc2ccco2)C(=O)NCc2ccccc2CC(=O)N1. The molecule has 3 atom stereocenters. The van der Waals surface area contributed by atoms with Crippen LogP contribution in [0.1, 0.15) is 42.6 Å². The summed E-state index contributed by atoms with van der Waals surface area (Å²) in [4.78, 5) is 80.1. The number of hydrogen-bond acceptors (Lipinski definition) is 9. The highest BCUT2D eigenvalue weighted by molar-refractivity contribution is 5.97. The third-order valence-electron chi connectivity index (χ3n) is 8.21. The first-order valence-electron chi connectivity index (χ1n) is 16.5. The first-order chi connectivity index (χ1) is 23.7. The number of carbonyl (C=O) groups excluding carboxylic acids is 6. The van der Waals surface area contributed by atoms with Crippen LogP contribution in [0.2, 0.25) is 0 Å². The Bertz CT molecular complexity index is 1480. The summed E-state index contributed by atoms with van der Waals surface area (Å²) in [5, 5.41) is 13.8. The van der Waals surface area contributed by atoms with E-state index in [1.807, 2.05) is 0 Å². The van der Waals surface area contributed by atoms with E-state index in [2.05, 4.69) is 26.6 Å². The van der Waals surface area contributed by atoms with Crippen LogP contribution in [-0.2, 0) is 52.9 Å². The lowest BCUT2D eigenvalue weighted by Crippen LogP contribution is -2.49. The Morgan fingerprint density at radius 2 is 1.78 bits per heavy atom. The maximum absolute atomic E-state index is 13.5. The van der Waals surface area contributed by atoms with Crippen LogP contribution in [0.15, 0.2) is 59.2 Å². The predicted molar refractivity (Wildman–Crippen MR) is 177 cm³/mol. The van der Waals surface area contributed by atoms with Crippen molar-refractivity contribution in [2.75, 3.05) is 39.4 Å². The van der Waals surface area contributed by atoms with Gasteiger partial charge in [0.15, 0.2) is 0 Å². The van der Waals surface area contributed by atoms with E-state index in [-0.39, 0.29) is 51.9 Å². The number of ether oxygens (including phenoxy) is 1. The van der Waals surface area contributed by atoms with Crippen LogP contribution < -0.4 is 32.3 Å². The van der Waals surface area contributed by atoms with Crippen molar-refractivity contribution in [1.29, 1.82) is 0 Å². The van der Waals surface area contributed by atoms with Gasteiger partial charge in [-0.1, -0.05) is 24.3 Å². The second-order valence-corrected chi connectivity index (χ2v) is 11.8. The molecule has 2 aliphatic heterocycles. The third kappa shape index (κ3) is 11.9. The highest BCUT2D eigenvalue weighted by Crippen LogP contribution is 2.21. The number of nitrogens with one attached hydrogen (secondary N) is 5. The Hall–Kier alpha value is -5.02. The molecule has 6 amide bonds. The highest BCUT2D eigenvalue weighted by Gasteiger charge is 2.31. The van der Waals surface area contributed by atoms with Crippen LogP contribution in [0.25, 0.3) is 0 Å². The molecule has 1 aromatic carbocycles. The van der Waals surface area contributed by atoms with E-state index in [1.54, 1.807) is 41.3 Å². The molecule has 0 aliphatic carbocycles. The normalized spacial score (nSPS) is 22.3. The first kappa shape index (κ1) is 36.8. The van der Waals surface area contributed by atoms with E-state index >= 15 is 0 Å². The van der Waals surface area contributed by atoms with Crippen molar-refractivity contribution in [3.8, 4) is 0 Å². The van der Waals surface area contributed by atoms with Gasteiger partial charge < -0.3 is 46.4 Å². The van der Waals surface area contributed by atoms with Crippen LogP contribution in [0.4, 0.5) is 0 Å². The molecule has 1 fully saturated rings. The molecule has 0 radical (unpaired) electrons. The molecule has 1 aromatic heterocycles. The molecule has 2 aliphatic rings. The predicted octanol–water partition coefficient (Wildman–Crippen LogP) is -0.801. The molecule has 0 unspecified atom stereocenters. The smallest absolute Gasteiger partial charge is 0.247 e. The maximum Gasteiger partial charge on any atom is 0.247 e. The Balaban J connectivity index is 1.54. The van der Waals surface area contributed by atoms with E-state index in [1.165, 1.54) is 6.26 Å². The third-order valence-corrected chi connectivity index (χ3v) is 8.21. The number of rotatable bonds is 8. The van der Waals surface area contributed by atoms with Gasteiger partial charge >= 0.3 is 0 Å². The number of amides is 6. The number of nitrogens with two attached hydrogens (primary N) is 1. The van der Waals surface area contributed by atoms with Crippen LogP contribution in [0.5, 0.6) is 0 Å². The minimum Gasteiger partial charge on any atom is -0.469 e. The molecule has 15 nitrogen and oxygen atoms in total. The maximum atomic E-state index is 13.5. The van der Waals surface area contributed by atoms with Crippen molar-refractivity contribution >= 4 is 35.4 Å². The monoisotopic (exact) mass is 679 g/mol. The molecular weight excluding hydrogens is 634 g/mol. The molecule has 0 saturated carbocycles. The second kappa shape index (κ2) is 19.1. The molecule has 2 aromatic rings. The summed E-state index contributed by atoms with van der Waals surface area (Å²) in [6.07, 6.45) is 5.09. The summed E-state index contributed by atoms with van der Waals surface area (Å²) in [7, 11) is 0. The fraction of sp³-hybridized carbons (Fsp3) is 0.471. The van der Waals surface area contributed by atoms with E-state index in [9.17, 15) is 28.8 Å². The Labute approximate surface area is 284 Å². The zero-order chi connectivity index (χ0) is 35.0. The largest absolute Gasteiger partial charge is 0.469 e. The van der Waals surface area contributed by atoms with Crippen LogP contribution in [-0.4, -0.2) is 97.9 Å². The summed E-state index contributed by atoms with van der Waals surface area (Å²) in [5.74, 6) is -2.22. The van der Waals surface area contributed by atoms with E-state index < -0.39 is 53.6 Å². The van der Waals surface area contributed by atoms with Gasteiger partial charge in [-0.3, -0.25) is 28.8 Å². The first-order valence-corrected chi connectivity index (χ1v) is 16.5. The Morgan fingerprint density at radius 3 is 2.55 bits per heavy atom. The van der Waals surface area contributed by atoms with Gasteiger partial charge in [0.2, 0.25) is 35.4 Å². The van der Waals surface area contributed by atoms with E-state index in [4.69, 9.17) is 14.9 Å². The number of nitrogens with zero attached hydrogens (tertiary/aromatic N) is 1. The van der Waals surface area contributed by atoms with E-state index in [0.29, 0.717) is 49.4 Å². The van der Waals surface area contributed by atoms with Crippen molar-refractivity contribution in [2.24, 2.45) is 5.73 Å². The van der Waals surface area contributed by atoms with Gasteiger partial charge in [-0.25, -0.2) is 0 Å². The van der Waals surface area contributed by atoms with Gasteiger partial charge in [0.05, 0.1) is 25.9 Å². The highest BCUT2D eigenvalue weighted by atomic mass is 16.5. The van der Waals surface area contributed by atoms with Gasteiger partial charge in [0, 0.05) is 63.8 Å². The van der Waals surface area contributed by atoms with Gasteiger partial charge in [0.25, 0.3) is 0 Å². The average Bonchev–Trinajstić information content (AvgIpc) is 3.78. The van der Waals surface area contributed by atoms with Crippen molar-refractivity contribution in [3.05, 3.63) is 71.7 Å². The molecule has 264 valence electrons. The Morgan fingerprint density at radius 1 is 0.959 bits per heavy atom. The van der Waals surface area contributed by atoms with Gasteiger partial charge in [0.1, 0.15) is 17.8 Å². The van der Waals surface area contributed by atoms with Gasteiger partial charge in [-0.2, -0.15) is 0 Å². The molecule has 15 heteroatoms. The molecule has 0 bridgehead atoms. The summed E-state index contributed by atoms with van der Waals surface area (Å²) in [6, 6.07) is 8.13. The molecule has 1 saturated heterocycles. The Kier molecular flexibility index (Phi) is 14.3. The van der Waals surface area contributed by atoms with Crippen molar-refractivity contribution in [1.82, 2.24) is 31.5 Å². The summed E-state index contributed by atoms with van der Waals surface area (Å²) < 4.78 is 10.7. The van der Waals surface area contributed by atoms with Gasteiger partial charge in [-0.15, -0.1) is 0 Å². The van der Waals surface area contributed by atoms with Crippen molar-refractivity contribution in [2.45, 2.75) is 63.2 Å². The van der Waals surface area contributed by atoms with Crippen LogP contribution in [0, 0.1) is 0 Å². The standard InChI is InChI=1S/C34H45N7O8/c35-12-17-48-18-14-37-33(46)27-11-13-36-29(42)9-10-32(45)41-15-3-7-25(41)20-31(44)40-28(21-26-8-4-16-49-26)34(47)38-22-24-6-2-1-5-23(24)19-30(43)39-27/h1-2,4-6,8-10,16,25,27-28H,3,7,11-15,17-22,35H2,(H,36,42)(H,37,46)(H,38,47)(H,39,43)(H,40,44)/b10-9-/t25-,27-,28-/m0/s1. The number of furan rings is 1. The number of carbonyl (C=O) groups is 6. The van der Waals surface area contributed by atoms with Gasteiger partial charge in [-0.05, 0) is 42.5 Å². The lowest BCUT2D eigenvalue weighted by molar-refractivity contribution is -0.131. The number of benzene rings is 1. The topological polar surface area (TPSA) is 214 Å². The average molecular weight is 680 g/mol. The molecular formula is C34H45N7O8. The second-order valence-electron chi connectivity index (χ2n) is 11.8. The fourth-order valence-electron chi connectivity index (χ4n) is 5.74. The molecule has 4 rings (SSSR count). The van der Waals surface area contributed by atoms with Crippen molar-refractivity contribution < 1.29 is 37.9 Å². The van der Waals surface area contributed by atoms with Crippen LogP contribution in [0.3, 0.4) is 0 Å². The lowest BCUT2D eigenvalue weighted by Gasteiger charge is -2.24. The van der Waals surface area contributed by atoms with E-state index in [0.717, 1.165) is 12.2 Å². The summed E-state index contributed by atoms with van der Waals surface area (Å²) in [6.45, 7) is 1.66. The number of fused-ring (bicyclic) bond motifs is 2. The quantitative estimate of drug-likeness (QED) is 0.192. The zero-order valence-corrected chi connectivity index (χ0v) is 27.4. The molecule has 7 N–H and O–H groups in total. The summed E-state index contributed by atoms with van der Waals surface area (Å²) in [5.41, 5.74) is 6.74. The van der Waals surface area contributed by atoms with Crippen molar-refractivity contribution in [3.63, 3.8) is 0 Å². The molecule has 0 spiro atoms. The minimum absolute atomic E-state index is 0.0196. The molecule has 49 heavy (non-hydrogen) atoms.